The molecule has 0 radical (unpaired) electrons. The molecule has 0 heterocycles. The fourth-order valence-corrected chi connectivity index (χ4v) is 1.05. The van der Waals surface area contributed by atoms with Crippen molar-refractivity contribution in [2.45, 2.75) is 12.8 Å². The molecule has 0 saturated carbocycles. The summed E-state index contributed by atoms with van der Waals surface area (Å²) >= 11 is 21.1. The monoisotopic (exact) mass is 335 g/mol. The Kier molecular flexibility index (Phi) is 15.1. The van der Waals surface area contributed by atoms with Gasteiger partial charge in [0, 0.05) is 14.1 Å². The van der Waals surface area contributed by atoms with E-state index in [9.17, 15) is 0 Å². The van der Waals surface area contributed by atoms with Crippen molar-refractivity contribution in [1.82, 2.24) is 4.90 Å². The van der Waals surface area contributed by atoms with E-state index in [0.717, 1.165) is 21.2 Å². The first kappa shape index (κ1) is 19.4. The van der Waals surface area contributed by atoms with E-state index in [1.165, 1.54) is 23.9 Å². The summed E-state index contributed by atoms with van der Waals surface area (Å²) in [5, 5.41) is 7.20. The van der Waals surface area contributed by atoms with E-state index < -0.39 is 0 Å². The first-order valence-electron chi connectivity index (χ1n) is 4.15. The Balaban J connectivity index is 0. The third-order valence-electron chi connectivity index (χ3n) is 1.24. The quantitative estimate of drug-likeness (QED) is 0.406. The average Bonchev–Trinajstić information content (AvgIpc) is 2.25. The van der Waals surface area contributed by atoms with Crippen LogP contribution in [0.15, 0.2) is 0 Å². The Morgan fingerprint density at radius 2 is 1.31 bits per heavy atom. The smallest absolute Gasteiger partial charge is 0.132 e. The van der Waals surface area contributed by atoms with Crippen LogP contribution in [0.2, 0.25) is 0 Å². The SMILES string of the molecule is CN(C)C(=S)S.[NH3+]SC(=S)CCC(=S)S[NH3+]. The standard InChI is InChI=1S/C4H8N2S4.C3H7NS2/c5-9-3(7)1-2-4(8)10-6;1-4(2)3(5)6/h1-2,5-6H2;1-2H3,(H,5,6)/p+2. The lowest BCUT2D eigenvalue weighted by Gasteiger charge is -2.05. The summed E-state index contributed by atoms with van der Waals surface area (Å²) in [4.78, 5) is 1.76. The van der Waals surface area contributed by atoms with Crippen LogP contribution in [0.5, 0.6) is 0 Å². The van der Waals surface area contributed by atoms with Crippen molar-refractivity contribution in [1.29, 1.82) is 0 Å². The molecule has 0 saturated heterocycles. The highest BCUT2D eigenvalue weighted by atomic mass is 32.2. The van der Waals surface area contributed by atoms with Gasteiger partial charge in [-0.3, -0.25) is 10.3 Å². The predicted molar refractivity (Wildman–Crippen MR) is 90.7 cm³/mol. The maximum absolute atomic E-state index is 4.93. The molecule has 0 aliphatic carbocycles. The molecule has 0 aromatic heterocycles. The van der Waals surface area contributed by atoms with E-state index >= 15 is 0 Å². The Labute approximate surface area is 127 Å². The molecule has 9 heteroatoms. The molecular weight excluding hydrogens is 318 g/mol. The Morgan fingerprint density at radius 1 is 1.06 bits per heavy atom. The van der Waals surface area contributed by atoms with Crippen LogP contribution in [0.25, 0.3) is 0 Å². The first-order valence-corrected chi connectivity index (χ1v) is 7.79. The zero-order chi connectivity index (χ0) is 13.1. The molecule has 0 spiro atoms. The predicted octanol–water partition coefficient (Wildman–Crippen LogP) is 0.964. The van der Waals surface area contributed by atoms with Gasteiger partial charge in [-0.1, -0.05) is 36.7 Å². The van der Waals surface area contributed by atoms with E-state index in [-0.39, 0.29) is 0 Å². The van der Waals surface area contributed by atoms with Gasteiger partial charge in [0.2, 0.25) is 0 Å². The molecular formula is C7H17N3S6+2. The maximum Gasteiger partial charge on any atom is 0.132 e. The highest BCUT2D eigenvalue weighted by Gasteiger charge is 2.02. The van der Waals surface area contributed by atoms with Crippen LogP contribution in [0.4, 0.5) is 0 Å². The second kappa shape index (κ2) is 12.5. The van der Waals surface area contributed by atoms with Gasteiger partial charge in [-0.2, -0.15) is 0 Å². The molecule has 0 rings (SSSR count). The summed E-state index contributed by atoms with van der Waals surface area (Å²) in [5.74, 6) is 0. The third-order valence-corrected chi connectivity index (χ3v) is 4.17. The molecule has 0 aromatic rings. The summed E-state index contributed by atoms with van der Waals surface area (Å²) in [6.45, 7) is 0. The fraction of sp³-hybridized carbons (Fsp3) is 0.571. The van der Waals surface area contributed by atoms with Crippen molar-refractivity contribution in [3.8, 4) is 0 Å². The van der Waals surface area contributed by atoms with Crippen LogP contribution in [0.1, 0.15) is 12.8 Å². The molecule has 0 amide bonds. The molecule has 16 heavy (non-hydrogen) atoms. The molecule has 6 N–H and O–H groups in total. The van der Waals surface area contributed by atoms with Crippen LogP contribution < -0.4 is 10.3 Å². The van der Waals surface area contributed by atoms with E-state index in [1.807, 2.05) is 14.1 Å². The molecule has 3 nitrogen and oxygen atoms in total. The van der Waals surface area contributed by atoms with Gasteiger partial charge in [0.05, 0.1) is 0 Å². The Morgan fingerprint density at radius 3 is 1.44 bits per heavy atom. The van der Waals surface area contributed by atoms with Crippen LogP contribution >= 0.6 is 73.2 Å². The van der Waals surface area contributed by atoms with Crippen molar-refractivity contribution in [2.24, 2.45) is 0 Å². The highest BCUT2D eigenvalue weighted by molar-refractivity contribution is 8.19. The van der Waals surface area contributed by atoms with E-state index in [0.29, 0.717) is 4.32 Å². The molecule has 0 bridgehead atoms. The second-order valence-electron chi connectivity index (χ2n) is 2.71. The van der Waals surface area contributed by atoms with Crippen molar-refractivity contribution in [2.75, 3.05) is 14.1 Å². The minimum atomic E-state index is 0.620. The zero-order valence-corrected chi connectivity index (χ0v) is 14.2. The van der Waals surface area contributed by atoms with E-state index in [2.05, 4.69) is 35.1 Å². The minimum absolute atomic E-state index is 0.620. The number of quaternary nitrogens is 2. The van der Waals surface area contributed by atoms with Gasteiger partial charge in [-0.15, -0.1) is 12.6 Å². The topological polar surface area (TPSA) is 58.5 Å². The lowest BCUT2D eigenvalue weighted by atomic mass is 10.4. The van der Waals surface area contributed by atoms with Crippen LogP contribution in [0, 0.1) is 0 Å². The van der Waals surface area contributed by atoms with Gasteiger partial charge in [-0.25, -0.2) is 0 Å². The number of nitrogens with zero attached hydrogens (tertiary/aromatic N) is 1. The van der Waals surface area contributed by atoms with Crippen LogP contribution in [-0.2, 0) is 0 Å². The van der Waals surface area contributed by atoms with Gasteiger partial charge in [0.1, 0.15) is 36.6 Å². The van der Waals surface area contributed by atoms with Crippen molar-refractivity contribution in [3.05, 3.63) is 0 Å². The number of hydrogen-bond donors (Lipinski definition) is 3. The van der Waals surface area contributed by atoms with Gasteiger partial charge >= 0.3 is 0 Å². The Hall–Kier alpha value is 1.04. The molecule has 94 valence electrons. The molecule has 0 aliphatic heterocycles. The van der Waals surface area contributed by atoms with Gasteiger partial charge in [-0.05, 0) is 12.8 Å². The lowest BCUT2D eigenvalue weighted by Crippen LogP contribution is -2.39. The second-order valence-corrected chi connectivity index (χ2v) is 6.89. The van der Waals surface area contributed by atoms with Gasteiger partial charge < -0.3 is 4.90 Å². The van der Waals surface area contributed by atoms with Crippen LogP contribution in [0.3, 0.4) is 0 Å². The van der Waals surface area contributed by atoms with Gasteiger partial charge in [0.15, 0.2) is 0 Å². The zero-order valence-electron chi connectivity index (χ0n) is 9.26. The summed E-state index contributed by atoms with van der Waals surface area (Å²) < 4.78 is 2.45. The lowest BCUT2D eigenvalue weighted by molar-refractivity contribution is -0.134. The van der Waals surface area contributed by atoms with Gasteiger partial charge in [0.25, 0.3) is 0 Å². The maximum atomic E-state index is 4.93. The van der Waals surface area contributed by atoms with Crippen LogP contribution in [-0.4, -0.2) is 31.7 Å². The van der Waals surface area contributed by atoms with Crippen molar-refractivity contribution < 1.29 is 10.3 Å². The third kappa shape index (κ3) is 15.0. The normalized spacial score (nSPS) is 8.81. The first-order chi connectivity index (χ1) is 7.34. The average molecular weight is 336 g/mol. The fourth-order valence-electron chi connectivity index (χ4n) is 0.348. The van der Waals surface area contributed by atoms with Crippen molar-refractivity contribution >= 4 is 85.9 Å². The van der Waals surface area contributed by atoms with E-state index in [4.69, 9.17) is 24.4 Å². The molecule has 0 aliphatic rings. The minimum Gasteiger partial charge on any atom is -0.364 e. The summed E-state index contributed by atoms with van der Waals surface area (Å²) in [6.07, 6.45) is 1.70. The molecule has 0 atom stereocenters. The summed E-state index contributed by atoms with van der Waals surface area (Å²) in [6, 6.07) is 0. The highest BCUT2D eigenvalue weighted by Crippen LogP contribution is 2.06. The number of rotatable bonds is 3. The number of thiol groups is 1. The Bertz CT molecular complexity index is 226. The van der Waals surface area contributed by atoms with Crippen molar-refractivity contribution in [3.63, 3.8) is 0 Å². The number of thiocarbonyl (C=S) groups is 3. The summed E-state index contributed by atoms with van der Waals surface area (Å²) in [5.41, 5.74) is 0. The number of hydrogen-bond acceptors (Lipinski definition) is 5. The molecule has 0 aromatic carbocycles. The molecule has 0 unspecified atom stereocenters. The van der Waals surface area contributed by atoms with E-state index in [1.54, 1.807) is 4.90 Å². The largest absolute Gasteiger partial charge is 0.364 e. The summed E-state index contributed by atoms with van der Waals surface area (Å²) in [7, 11) is 3.71. The molecule has 0 fully saturated rings.